The molecular weight excluding hydrogens is 266 g/mol. The highest BCUT2D eigenvalue weighted by molar-refractivity contribution is 6.33. The fraction of sp³-hybridized carbons (Fsp3) is 0.333. The zero-order valence-corrected chi connectivity index (χ0v) is 11.2. The van der Waals surface area contributed by atoms with E-state index in [1.54, 1.807) is 6.07 Å². The number of rotatable bonds is 5. The molecule has 19 heavy (non-hydrogen) atoms. The summed E-state index contributed by atoms with van der Waals surface area (Å²) in [6.45, 7) is 2.37. The molecule has 0 radical (unpaired) electrons. The second-order valence-corrected chi connectivity index (χ2v) is 4.50. The standard InChI is InChI=1S/C12H14ClN5O/c1-8-5-10(13)9(6-15-8)12(19)14-4-2-3-11-16-7-17-18-11/h5-7H,2-4H2,1H3,(H,14,19)(H,16,17,18). The van der Waals surface area contributed by atoms with Crippen molar-refractivity contribution in [1.82, 2.24) is 25.5 Å². The van der Waals surface area contributed by atoms with Gasteiger partial charge in [-0.1, -0.05) is 11.6 Å². The number of H-pyrrole nitrogens is 1. The van der Waals surface area contributed by atoms with Crippen molar-refractivity contribution in [3.63, 3.8) is 0 Å². The molecule has 0 saturated heterocycles. The molecule has 2 heterocycles. The van der Waals surface area contributed by atoms with Crippen molar-refractivity contribution < 1.29 is 4.79 Å². The van der Waals surface area contributed by atoms with Crippen molar-refractivity contribution in [1.29, 1.82) is 0 Å². The number of pyridine rings is 1. The van der Waals surface area contributed by atoms with Gasteiger partial charge in [0.2, 0.25) is 0 Å². The number of halogens is 1. The predicted octanol–water partition coefficient (Wildman–Crippen LogP) is 1.52. The maximum absolute atomic E-state index is 11.9. The third kappa shape index (κ3) is 3.75. The summed E-state index contributed by atoms with van der Waals surface area (Å²) in [6, 6.07) is 1.67. The Morgan fingerprint density at radius 2 is 2.32 bits per heavy atom. The van der Waals surface area contributed by atoms with Crippen molar-refractivity contribution in [2.75, 3.05) is 6.54 Å². The smallest absolute Gasteiger partial charge is 0.254 e. The molecule has 2 aromatic rings. The molecular formula is C12H14ClN5O. The third-order valence-electron chi connectivity index (χ3n) is 2.58. The minimum Gasteiger partial charge on any atom is -0.352 e. The molecule has 0 aliphatic heterocycles. The van der Waals surface area contributed by atoms with E-state index in [-0.39, 0.29) is 5.91 Å². The number of aryl methyl sites for hydroxylation is 2. The summed E-state index contributed by atoms with van der Waals surface area (Å²) < 4.78 is 0. The SMILES string of the molecule is Cc1cc(Cl)c(C(=O)NCCCc2ncn[nH]2)cn1. The molecule has 2 N–H and O–H groups in total. The van der Waals surface area contributed by atoms with Gasteiger partial charge in [0.25, 0.3) is 5.91 Å². The van der Waals surface area contributed by atoms with Crippen LogP contribution in [-0.4, -0.2) is 32.6 Å². The van der Waals surface area contributed by atoms with Crippen LogP contribution in [0.5, 0.6) is 0 Å². The zero-order chi connectivity index (χ0) is 13.7. The number of aromatic amines is 1. The number of amides is 1. The van der Waals surface area contributed by atoms with Gasteiger partial charge >= 0.3 is 0 Å². The summed E-state index contributed by atoms with van der Waals surface area (Å²) in [5.41, 5.74) is 1.18. The van der Waals surface area contributed by atoms with Crippen LogP contribution >= 0.6 is 11.6 Å². The van der Waals surface area contributed by atoms with E-state index in [1.165, 1.54) is 12.5 Å². The van der Waals surface area contributed by atoms with Gasteiger partial charge < -0.3 is 5.32 Å². The van der Waals surface area contributed by atoms with Gasteiger partial charge in [-0.25, -0.2) is 4.98 Å². The second-order valence-electron chi connectivity index (χ2n) is 4.10. The first-order valence-corrected chi connectivity index (χ1v) is 6.29. The number of aromatic nitrogens is 4. The molecule has 100 valence electrons. The quantitative estimate of drug-likeness (QED) is 0.813. The fourth-order valence-corrected chi connectivity index (χ4v) is 1.89. The molecule has 6 nitrogen and oxygen atoms in total. The molecule has 0 aliphatic rings. The molecule has 7 heteroatoms. The van der Waals surface area contributed by atoms with Gasteiger partial charge in [0.1, 0.15) is 12.2 Å². The Hall–Kier alpha value is -1.95. The molecule has 0 saturated carbocycles. The van der Waals surface area contributed by atoms with Crippen LogP contribution in [0.3, 0.4) is 0 Å². The van der Waals surface area contributed by atoms with Gasteiger partial charge in [0.15, 0.2) is 0 Å². The van der Waals surface area contributed by atoms with Gasteiger partial charge in [0.05, 0.1) is 10.6 Å². The molecule has 2 rings (SSSR count). The lowest BCUT2D eigenvalue weighted by Gasteiger charge is -2.06. The van der Waals surface area contributed by atoms with Crippen molar-refractivity contribution >= 4 is 17.5 Å². The highest BCUT2D eigenvalue weighted by Gasteiger charge is 2.10. The van der Waals surface area contributed by atoms with E-state index in [4.69, 9.17) is 11.6 Å². The van der Waals surface area contributed by atoms with Crippen LogP contribution in [-0.2, 0) is 6.42 Å². The van der Waals surface area contributed by atoms with Gasteiger partial charge in [-0.15, -0.1) is 0 Å². The lowest BCUT2D eigenvalue weighted by Crippen LogP contribution is -2.25. The molecule has 0 spiro atoms. The fourth-order valence-electron chi connectivity index (χ4n) is 1.60. The molecule has 0 fully saturated rings. The highest BCUT2D eigenvalue weighted by atomic mass is 35.5. The normalized spacial score (nSPS) is 10.4. The maximum Gasteiger partial charge on any atom is 0.254 e. The molecule has 1 amide bonds. The summed E-state index contributed by atoms with van der Waals surface area (Å²) in [7, 11) is 0. The second kappa shape index (κ2) is 6.29. The van der Waals surface area contributed by atoms with E-state index in [9.17, 15) is 4.79 Å². The first kappa shape index (κ1) is 13.5. The van der Waals surface area contributed by atoms with Crippen LogP contribution in [0.15, 0.2) is 18.6 Å². The molecule has 2 aromatic heterocycles. The first-order valence-electron chi connectivity index (χ1n) is 5.91. The molecule has 0 unspecified atom stereocenters. The summed E-state index contributed by atoms with van der Waals surface area (Å²) in [6.07, 6.45) is 4.47. The van der Waals surface area contributed by atoms with Crippen LogP contribution < -0.4 is 5.32 Å². The molecule has 0 atom stereocenters. The van der Waals surface area contributed by atoms with Crippen molar-refractivity contribution in [2.24, 2.45) is 0 Å². The van der Waals surface area contributed by atoms with Gasteiger partial charge in [0, 0.05) is 24.9 Å². The molecule has 0 aliphatic carbocycles. The molecule has 0 bridgehead atoms. The van der Waals surface area contributed by atoms with E-state index >= 15 is 0 Å². The van der Waals surface area contributed by atoms with E-state index in [2.05, 4.69) is 25.5 Å². The van der Waals surface area contributed by atoms with Crippen LogP contribution in [0, 0.1) is 6.92 Å². The minimum atomic E-state index is -0.213. The Kier molecular flexibility index (Phi) is 4.46. The van der Waals surface area contributed by atoms with Crippen molar-refractivity contribution in [3.8, 4) is 0 Å². The summed E-state index contributed by atoms with van der Waals surface area (Å²) in [5, 5.41) is 9.73. The predicted molar refractivity (Wildman–Crippen MR) is 71.0 cm³/mol. The number of carbonyl (C=O) groups excluding carboxylic acids is 1. The first-order chi connectivity index (χ1) is 9.16. The van der Waals surface area contributed by atoms with Crippen molar-refractivity contribution in [3.05, 3.63) is 40.7 Å². The van der Waals surface area contributed by atoms with Gasteiger partial charge in [-0.2, -0.15) is 5.10 Å². The Bertz CT molecular complexity index is 555. The topological polar surface area (TPSA) is 83.6 Å². The average Bonchev–Trinajstić information content (AvgIpc) is 2.87. The molecule has 0 aromatic carbocycles. The van der Waals surface area contributed by atoms with Crippen LogP contribution in [0.4, 0.5) is 0 Å². The number of nitrogens with one attached hydrogen (secondary N) is 2. The van der Waals surface area contributed by atoms with E-state index in [1.807, 2.05) is 6.92 Å². The number of nitrogens with zero attached hydrogens (tertiary/aromatic N) is 3. The summed E-state index contributed by atoms with van der Waals surface area (Å²) in [5.74, 6) is 0.597. The summed E-state index contributed by atoms with van der Waals surface area (Å²) in [4.78, 5) is 19.9. The monoisotopic (exact) mass is 279 g/mol. The lowest BCUT2D eigenvalue weighted by atomic mass is 10.2. The number of hydrogen-bond donors (Lipinski definition) is 2. The number of carbonyl (C=O) groups is 1. The average molecular weight is 280 g/mol. The van der Waals surface area contributed by atoms with Crippen molar-refractivity contribution in [2.45, 2.75) is 19.8 Å². The third-order valence-corrected chi connectivity index (χ3v) is 2.89. The Morgan fingerprint density at radius 1 is 1.47 bits per heavy atom. The Balaban J connectivity index is 1.81. The Morgan fingerprint density at radius 3 is 3.00 bits per heavy atom. The largest absolute Gasteiger partial charge is 0.352 e. The summed E-state index contributed by atoms with van der Waals surface area (Å²) >= 11 is 5.99. The van der Waals surface area contributed by atoms with E-state index in [0.29, 0.717) is 17.1 Å². The number of hydrogen-bond acceptors (Lipinski definition) is 4. The van der Waals surface area contributed by atoms with Crippen LogP contribution in [0.25, 0.3) is 0 Å². The Labute approximate surface area is 115 Å². The van der Waals surface area contributed by atoms with Crippen LogP contribution in [0.2, 0.25) is 5.02 Å². The minimum absolute atomic E-state index is 0.213. The van der Waals surface area contributed by atoms with E-state index < -0.39 is 0 Å². The zero-order valence-electron chi connectivity index (χ0n) is 10.5. The van der Waals surface area contributed by atoms with E-state index in [0.717, 1.165) is 24.4 Å². The van der Waals surface area contributed by atoms with Gasteiger partial charge in [-0.05, 0) is 19.4 Å². The van der Waals surface area contributed by atoms with Gasteiger partial charge in [-0.3, -0.25) is 14.9 Å². The van der Waals surface area contributed by atoms with Crippen LogP contribution in [0.1, 0.15) is 28.3 Å². The maximum atomic E-state index is 11.9. The lowest BCUT2D eigenvalue weighted by molar-refractivity contribution is 0.0953. The highest BCUT2D eigenvalue weighted by Crippen LogP contribution is 2.15.